The van der Waals surface area contributed by atoms with Crippen molar-refractivity contribution >= 4 is 5.96 Å². The summed E-state index contributed by atoms with van der Waals surface area (Å²) in [5, 5.41) is 11.9. The van der Waals surface area contributed by atoms with Crippen molar-refractivity contribution in [1.29, 1.82) is 0 Å². The summed E-state index contributed by atoms with van der Waals surface area (Å²) in [7, 11) is 1.99. The van der Waals surface area contributed by atoms with Gasteiger partial charge in [-0.05, 0) is 25.7 Å². The van der Waals surface area contributed by atoms with Gasteiger partial charge in [0.2, 0.25) is 0 Å². The van der Waals surface area contributed by atoms with E-state index in [0.29, 0.717) is 18.5 Å². The minimum atomic E-state index is 0.413. The predicted molar refractivity (Wildman–Crippen MR) is 106 cm³/mol. The molecule has 2 aromatic rings. The molecule has 0 aliphatic carbocycles. The topological polar surface area (TPSA) is 76.2 Å². The smallest absolute Gasteiger partial charge is 0.194 e. The number of aromatic nitrogens is 5. The maximum atomic E-state index is 4.89. The molecule has 3 rings (SSSR count). The molecular weight excluding hydrogens is 340 g/mol. The Morgan fingerprint density at radius 2 is 2.22 bits per heavy atom. The predicted octanol–water partition coefficient (Wildman–Crippen LogP) is 2.15. The highest BCUT2D eigenvalue weighted by molar-refractivity contribution is 5.80. The highest BCUT2D eigenvalue weighted by Crippen LogP contribution is 2.27. The third kappa shape index (κ3) is 4.67. The van der Waals surface area contributed by atoms with Crippen LogP contribution < -0.4 is 5.32 Å². The molecule has 0 spiro atoms. The molecule has 2 aromatic heterocycles. The van der Waals surface area contributed by atoms with Gasteiger partial charge in [0.1, 0.15) is 12.4 Å². The molecule has 0 saturated carbocycles. The molecule has 3 heterocycles. The van der Waals surface area contributed by atoms with Gasteiger partial charge >= 0.3 is 0 Å². The number of nitrogens with zero attached hydrogens (tertiary/aromatic N) is 7. The van der Waals surface area contributed by atoms with E-state index in [-0.39, 0.29) is 0 Å². The molecule has 1 fully saturated rings. The van der Waals surface area contributed by atoms with Gasteiger partial charge in [0.05, 0.1) is 12.4 Å². The van der Waals surface area contributed by atoms with Crippen LogP contribution in [0.5, 0.6) is 0 Å². The van der Waals surface area contributed by atoms with Crippen molar-refractivity contribution in [2.45, 2.75) is 52.6 Å². The molecule has 2 unspecified atom stereocenters. The van der Waals surface area contributed by atoms with E-state index in [9.17, 15) is 0 Å². The first-order valence-corrected chi connectivity index (χ1v) is 9.95. The number of piperidine rings is 1. The lowest BCUT2D eigenvalue weighted by molar-refractivity contribution is 0.188. The largest absolute Gasteiger partial charge is 0.356 e. The number of hydrogen-bond acceptors (Lipinski definition) is 4. The molecule has 8 nitrogen and oxygen atoms in total. The van der Waals surface area contributed by atoms with E-state index in [4.69, 9.17) is 4.99 Å². The molecule has 148 valence electrons. The van der Waals surface area contributed by atoms with E-state index in [1.54, 1.807) is 0 Å². The Labute approximate surface area is 161 Å². The van der Waals surface area contributed by atoms with Crippen molar-refractivity contribution < 1.29 is 0 Å². The molecule has 2 atom stereocenters. The summed E-state index contributed by atoms with van der Waals surface area (Å²) in [4.78, 5) is 11.5. The zero-order valence-electron chi connectivity index (χ0n) is 17.0. The Morgan fingerprint density at radius 1 is 1.37 bits per heavy atom. The number of aliphatic imine (C=N–C) groups is 1. The third-order valence-electron chi connectivity index (χ3n) is 5.49. The first kappa shape index (κ1) is 19.4. The van der Waals surface area contributed by atoms with Crippen molar-refractivity contribution in [3.8, 4) is 0 Å². The van der Waals surface area contributed by atoms with Crippen LogP contribution in [0.15, 0.2) is 23.7 Å². The SMILES string of the molecule is CCCCNC(=NCc1nnc(C)n1C)N1CCC(C)C(n2ccnc2)C1. The minimum absolute atomic E-state index is 0.413. The highest BCUT2D eigenvalue weighted by Gasteiger charge is 2.29. The van der Waals surface area contributed by atoms with E-state index in [2.05, 4.69) is 50.0 Å². The van der Waals surface area contributed by atoms with Gasteiger partial charge in [-0.2, -0.15) is 0 Å². The summed E-state index contributed by atoms with van der Waals surface area (Å²) in [6.45, 7) is 9.92. The molecule has 0 amide bonds. The van der Waals surface area contributed by atoms with E-state index >= 15 is 0 Å². The molecule has 8 heteroatoms. The van der Waals surface area contributed by atoms with Crippen LogP contribution in [0, 0.1) is 12.8 Å². The van der Waals surface area contributed by atoms with Gasteiger partial charge in [-0.3, -0.25) is 0 Å². The first-order chi connectivity index (χ1) is 13.1. The Morgan fingerprint density at radius 3 is 2.89 bits per heavy atom. The normalized spacial score (nSPS) is 20.9. The van der Waals surface area contributed by atoms with Crippen LogP contribution in [0.25, 0.3) is 0 Å². The van der Waals surface area contributed by atoms with E-state index in [1.807, 2.05) is 31.1 Å². The van der Waals surface area contributed by atoms with Crippen LogP contribution >= 0.6 is 0 Å². The fraction of sp³-hybridized carbons (Fsp3) is 0.684. The zero-order valence-corrected chi connectivity index (χ0v) is 17.0. The fourth-order valence-electron chi connectivity index (χ4n) is 3.47. The van der Waals surface area contributed by atoms with Crippen molar-refractivity contribution in [3.05, 3.63) is 30.4 Å². The maximum absolute atomic E-state index is 4.89. The second-order valence-electron chi connectivity index (χ2n) is 7.43. The molecule has 1 N–H and O–H groups in total. The Bertz CT molecular complexity index is 733. The van der Waals surface area contributed by atoms with E-state index in [0.717, 1.165) is 56.5 Å². The lowest BCUT2D eigenvalue weighted by Crippen LogP contribution is -2.49. The number of aryl methyl sites for hydroxylation is 1. The molecule has 1 aliphatic heterocycles. The molecular formula is C19H32N8. The number of guanidine groups is 1. The Balaban J connectivity index is 1.75. The van der Waals surface area contributed by atoms with Crippen LogP contribution in [-0.4, -0.2) is 54.8 Å². The van der Waals surface area contributed by atoms with E-state index in [1.165, 1.54) is 0 Å². The number of hydrogen-bond donors (Lipinski definition) is 1. The van der Waals surface area contributed by atoms with Crippen molar-refractivity contribution in [1.82, 2.24) is 34.5 Å². The lowest BCUT2D eigenvalue weighted by atomic mass is 9.93. The van der Waals surface area contributed by atoms with Crippen molar-refractivity contribution in [2.24, 2.45) is 18.0 Å². The monoisotopic (exact) mass is 372 g/mol. The van der Waals surface area contributed by atoms with Crippen molar-refractivity contribution in [3.63, 3.8) is 0 Å². The molecule has 1 saturated heterocycles. The number of likely N-dealkylation sites (tertiary alicyclic amines) is 1. The number of imidazole rings is 1. The minimum Gasteiger partial charge on any atom is -0.356 e. The summed E-state index contributed by atoms with van der Waals surface area (Å²) < 4.78 is 4.23. The summed E-state index contributed by atoms with van der Waals surface area (Å²) >= 11 is 0. The average Bonchev–Trinajstić information content (AvgIpc) is 3.30. The van der Waals surface area contributed by atoms with Crippen LogP contribution in [0.1, 0.15) is 50.8 Å². The Kier molecular flexibility index (Phi) is 6.47. The van der Waals surface area contributed by atoms with Gasteiger partial charge in [0, 0.05) is 39.1 Å². The van der Waals surface area contributed by atoms with Crippen LogP contribution in [0.4, 0.5) is 0 Å². The third-order valence-corrected chi connectivity index (χ3v) is 5.49. The number of nitrogens with one attached hydrogen (secondary N) is 1. The molecule has 0 bridgehead atoms. The van der Waals surface area contributed by atoms with Gasteiger partial charge in [0.15, 0.2) is 11.8 Å². The standard InChI is InChI=1S/C19H32N8/c1-5-6-8-21-19(22-12-18-24-23-16(3)25(18)4)26-10-7-15(2)17(13-26)27-11-9-20-14-27/h9,11,14-15,17H,5-8,10,12-13H2,1-4H3,(H,21,22). The van der Waals surface area contributed by atoms with Gasteiger partial charge in [-0.25, -0.2) is 9.98 Å². The highest BCUT2D eigenvalue weighted by atomic mass is 15.3. The van der Waals surface area contributed by atoms with Crippen LogP contribution in [0.2, 0.25) is 0 Å². The second-order valence-corrected chi connectivity index (χ2v) is 7.43. The number of unbranched alkanes of at least 4 members (excludes halogenated alkanes) is 1. The summed E-state index contributed by atoms with van der Waals surface area (Å²) in [5.41, 5.74) is 0. The Hall–Kier alpha value is -2.38. The quantitative estimate of drug-likeness (QED) is 0.478. The van der Waals surface area contributed by atoms with Gasteiger partial charge < -0.3 is 19.4 Å². The van der Waals surface area contributed by atoms with E-state index < -0.39 is 0 Å². The summed E-state index contributed by atoms with van der Waals surface area (Å²) in [5.74, 6) is 3.39. The van der Waals surface area contributed by atoms with Gasteiger partial charge in [0.25, 0.3) is 0 Å². The first-order valence-electron chi connectivity index (χ1n) is 9.95. The van der Waals surface area contributed by atoms with Gasteiger partial charge in [-0.15, -0.1) is 10.2 Å². The van der Waals surface area contributed by atoms with Crippen molar-refractivity contribution in [2.75, 3.05) is 19.6 Å². The molecule has 0 radical (unpaired) electrons. The molecule has 1 aliphatic rings. The summed E-state index contributed by atoms with van der Waals surface area (Å²) in [6.07, 6.45) is 9.29. The lowest BCUT2D eigenvalue weighted by Gasteiger charge is -2.39. The van der Waals surface area contributed by atoms with Crippen LogP contribution in [-0.2, 0) is 13.6 Å². The average molecular weight is 373 g/mol. The maximum Gasteiger partial charge on any atom is 0.194 e. The zero-order chi connectivity index (χ0) is 19.2. The summed E-state index contributed by atoms with van der Waals surface area (Å²) in [6, 6.07) is 0.413. The number of rotatable bonds is 6. The molecule has 27 heavy (non-hydrogen) atoms. The fourth-order valence-corrected chi connectivity index (χ4v) is 3.47. The van der Waals surface area contributed by atoms with Gasteiger partial charge in [-0.1, -0.05) is 20.3 Å². The molecule has 0 aromatic carbocycles. The van der Waals surface area contributed by atoms with Crippen LogP contribution in [0.3, 0.4) is 0 Å². The second kappa shape index (κ2) is 9.01.